The van der Waals surface area contributed by atoms with Crippen LogP contribution < -0.4 is 10.9 Å². The predicted molar refractivity (Wildman–Crippen MR) is 157 cm³/mol. The maximum Gasteiger partial charge on any atom is 0.226 e. The number of aromatic nitrogens is 1. The first-order valence-electron chi connectivity index (χ1n) is 10.5. The zero-order valence-electron chi connectivity index (χ0n) is 19.3. The van der Waals surface area contributed by atoms with E-state index in [0.29, 0.717) is 33.9 Å². The SMILES string of the molecule is C/C(=N\NC(=S)SC(=O)c1ccccc1)c1cccc(/C(C)=N/NC(=S)SC(=O)c2ccccc2)n1. The number of nitrogens with one attached hydrogen (secondary N) is 2. The van der Waals surface area contributed by atoms with Crippen molar-refractivity contribution in [2.24, 2.45) is 10.2 Å². The molecular weight excluding hydrogens is 531 g/mol. The summed E-state index contributed by atoms with van der Waals surface area (Å²) in [5.41, 5.74) is 8.94. The molecule has 2 aromatic carbocycles. The minimum atomic E-state index is -0.165. The number of carbonyl (C=O) groups excluding carboxylic acids is 2. The Morgan fingerprint density at radius 2 is 1.06 bits per heavy atom. The van der Waals surface area contributed by atoms with Gasteiger partial charge in [-0.3, -0.25) is 20.4 Å². The topological polar surface area (TPSA) is 95.8 Å². The molecule has 7 nitrogen and oxygen atoms in total. The first-order valence-corrected chi connectivity index (χ1v) is 13.0. The number of rotatable bonds is 6. The number of pyridine rings is 1. The van der Waals surface area contributed by atoms with Gasteiger partial charge in [0, 0.05) is 11.1 Å². The van der Waals surface area contributed by atoms with Gasteiger partial charge in [-0.2, -0.15) is 10.2 Å². The van der Waals surface area contributed by atoms with Crippen molar-refractivity contribution in [2.75, 3.05) is 0 Å². The number of hydrogen-bond acceptors (Lipinski definition) is 9. The average molecular weight is 552 g/mol. The van der Waals surface area contributed by atoms with Crippen molar-refractivity contribution in [1.29, 1.82) is 0 Å². The van der Waals surface area contributed by atoms with E-state index >= 15 is 0 Å². The van der Waals surface area contributed by atoms with E-state index in [4.69, 9.17) is 24.4 Å². The number of carbonyl (C=O) groups is 2. The Labute approximate surface area is 228 Å². The van der Waals surface area contributed by atoms with E-state index in [1.165, 1.54) is 0 Å². The molecule has 0 spiro atoms. The predicted octanol–water partition coefficient (Wildman–Crippen LogP) is 5.43. The van der Waals surface area contributed by atoms with Crippen molar-refractivity contribution in [2.45, 2.75) is 13.8 Å². The molecule has 3 aromatic rings. The van der Waals surface area contributed by atoms with Crippen molar-refractivity contribution in [3.63, 3.8) is 0 Å². The van der Waals surface area contributed by atoms with Crippen LogP contribution in [0.2, 0.25) is 0 Å². The molecule has 0 aliphatic rings. The number of thioether (sulfide) groups is 2. The van der Waals surface area contributed by atoms with Crippen LogP contribution in [0.5, 0.6) is 0 Å². The summed E-state index contributed by atoms with van der Waals surface area (Å²) in [6.45, 7) is 3.55. The summed E-state index contributed by atoms with van der Waals surface area (Å²) in [5.74, 6) is 0. The van der Waals surface area contributed by atoms with Crippen molar-refractivity contribution in [3.05, 3.63) is 101 Å². The van der Waals surface area contributed by atoms with Gasteiger partial charge in [0.05, 0.1) is 22.8 Å². The molecule has 1 heterocycles. The minimum absolute atomic E-state index is 0.165. The molecule has 0 saturated carbocycles. The lowest BCUT2D eigenvalue weighted by molar-refractivity contribution is 0.108. The lowest BCUT2D eigenvalue weighted by atomic mass is 10.2. The van der Waals surface area contributed by atoms with Crippen molar-refractivity contribution >= 4 is 78.3 Å². The van der Waals surface area contributed by atoms with Gasteiger partial charge >= 0.3 is 0 Å². The number of thiocarbonyl (C=S) groups is 2. The number of hydrazone groups is 2. The molecular formula is C25H21N5O2S4. The third-order valence-corrected chi connectivity index (χ3v) is 6.59. The van der Waals surface area contributed by atoms with Gasteiger partial charge in [0.25, 0.3) is 0 Å². The van der Waals surface area contributed by atoms with Gasteiger partial charge in [-0.1, -0.05) is 91.2 Å². The average Bonchev–Trinajstić information content (AvgIpc) is 2.91. The summed E-state index contributed by atoms with van der Waals surface area (Å²) in [4.78, 5) is 29.1. The van der Waals surface area contributed by atoms with E-state index in [2.05, 4.69) is 26.0 Å². The highest BCUT2D eigenvalue weighted by Crippen LogP contribution is 2.14. The highest BCUT2D eigenvalue weighted by molar-refractivity contribution is 8.33. The van der Waals surface area contributed by atoms with Gasteiger partial charge in [0.1, 0.15) is 0 Å². The Hall–Kier alpha value is -3.25. The monoisotopic (exact) mass is 551 g/mol. The Morgan fingerprint density at radius 1 is 0.667 bits per heavy atom. The third kappa shape index (κ3) is 8.45. The van der Waals surface area contributed by atoms with E-state index in [1.54, 1.807) is 74.5 Å². The maximum atomic E-state index is 12.3. The Balaban J connectivity index is 1.57. The molecule has 0 bridgehead atoms. The molecule has 0 aliphatic carbocycles. The van der Waals surface area contributed by atoms with Gasteiger partial charge in [0.15, 0.2) is 8.64 Å². The fourth-order valence-corrected chi connectivity index (χ4v) is 4.26. The summed E-state index contributed by atoms with van der Waals surface area (Å²) >= 11 is 12.2. The zero-order chi connectivity index (χ0) is 25.9. The van der Waals surface area contributed by atoms with Crippen LogP contribution in [0.3, 0.4) is 0 Å². The minimum Gasteiger partial charge on any atom is -0.281 e. The highest BCUT2D eigenvalue weighted by Gasteiger charge is 2.11. The molecule has 0 fully saturated rings. The number of hydrogen-bond donors (Lipinski definition) is 2. The van der Waals surface area contributed by atoms with Gasteiger partial charge in [-0.25, -0.2) is 4.98 Å². The molecule has 2 N–H and O–H groups in total. The summed E-state index contributed by atoms with van der Waals surface area (Å²) in [6, 6.07) is 23.2. The Kier molecular flexibility index (Phi) is 10.4. The van der Waals surface area contributed by atoms with Gasteiger partial charge in [0.2, 0.25) is 10.2 Å². The smallest absolute Gasteiger partial charge is 0.226 e. The molecule has 11 heteroatoms. The maximum absolute atomic E-state index is 12.3. The summed E-state index contributed by atoms with van der Waals surface area (Å²) in [6.07, 6.45) is 0. The normalized spacial score (nSPS) is 11.5. The van der Waals surface area contributed by atoms with E-state index in [0.717, 1.165) is 23.5 Å². The second-order valence-electron chi connectivity index (χ2n) is 7.11. The highest BCUT2D eigenvalue weighted by atomic mass is 32.2. The second-order valence-corrected chi connectivity index (χ2v) is 10.4. The van der Waals surface area contributed by atoms with Gasteiger partial charge in [-0.05, 0) is 49.5 Å². The Bertz CT molecular complexity index is 1230. The quantitative estimate of drug-likeness (QED) is 0.236. The van der Waals surface area contributed by atoms with Gasteiger partial charge < -0.3 is 0 Å². The number of benzene rings is 2. The van der Waals surface area contributed by atoms with Crippen molar-refractivity contribution in [1.82, 2.24) is 15.8 Å². The molecule has 0 unspecified atom stereocenters. The van der Waals surface area contributed by atoms with E-state index in [9.17, 15) is 9.59 Å². The fraction of sp³-hybridized carbons (Fsp3) is 0.0800. The van der Waals surface area contributed by atoms with Crippen LogP contribution in [-0.4, -0.2) is 35.3 Å². The summed E-state index contributed by atoms with van der Waals surface area (Å²) in [5, 5.41) is 8.17. The first kappa shape index (κ1) is 27.3. The van der Waals surface area contributed by atoms with Crippen LogP contribution in [0.15, 0.2) is 89.1 Å². The Morgan fingerprint density at radius 3 is 1.44 bits per heavy atom. The molecule has 3 rings (SSSR count). The molecule has 1 aromatic heterocycles. The van der Waals surface area contributed by atoms with Crippen LogP contribution in [0.1, 0.15) is 46.0 Å². The summed E-state index contributed by atoms with van der Waals surface area (Å²) in [7, 11) is 0. The molecule has 182 valence electrons. The molecule has 0 saturated heterocycles. The van der Waals surface area contributed by atoms with Crippen LogP contribution in [-0.2, 0) is 0 Å². The zero-order valence-corrected chi connectivity index (χ0v) is 22.6. The van der Waals surface area contributed by atoms with E-state index in [1.807, 2.05) is 18.2 Å². The van der Waals surface area contributed by atoms with Crippen LogP contribution in [0, 0.1) is 0 Å². The van der Waals surface area contributed by atoms with Crippen LogP contribution in [0.4, 0.5) is 0 Å². The molecule has 0 atom stereocenters. The van der Waals surface area contributed by atoms with E-state index < -0.39 is 0 Å². The molecule has 0 aliphatic heterocycles. The lowest BCUT2D eigenvalue weighted by Gasteiger charge is -2.07. The van der Waals surface area contributed by atoms with Gasteiger partial charge in [-0.15, -0.1) is 0 Å². The van der Waals surface area contributed by atoms with Crippen LogP contribution >= 0.6 is 48.0 Å². The van der Waals surface area contributed by atoms with Crippen LogP contribution in [0.25, 0.3) is 0 Å². The van der Waals surface area contributed by atoms with Crippen molar-refractivity contribution < 1.29 is 9.59 Å². The summed E-state index contributed by atoms with van der Waals surface area (Å²) < 4.78 is 0.467. The molecule has 0 radical (unpaired) electrons. The second kappa shape index (κ2) is 13.7. The first-order chi connectivity index (χ1) is 17.3. The molecule has 0 amide bonds. The standard InChI is InChI=1S/C25H21N5O2S4/c1-16(27-29-24(33)35-22(31)18-10-5-3-6-11-18)20-14-9-15-21(26-20)17(2)28-30-25(34)36-23(32)19-12-7-4-8-13-19/h3-15H,1-2H3,(H,29,33)(H,30,34)/b27-16+,28-17+. The fourth-order valence-electron chi connectivity index (χ4n) is 2.69. The van der Waals surface area contributed by atoms with Crippen molar-refractivity contribution in [3.8, 4) is 0 Å². The number of nitrogens with zero attached hydrogens (tertiary/aromatic N) is 3. The largest absolute Gasteiger partial charge is 0.281 e. The molecule has 36 heavy (non-hydrogen) atoms. The third-order valence-electron chi connectivity index (χ3n) is 4.51. The van der Waals surface area contributed by atoms with E-state index in [-0.39, 0.29) is 18.9 Å². The lowest BCUT2D eigenvalue weighted by Crippen LogP contribution is -2.18.